The van der Waals surface area contributed by atoms with Crippen LogP contribution >= 0.6 is 0 Å². The van der Waals surface area contributed by atoms with Gasteiger partial charge in [-0.15, -0.1) is 0 Å². The van der Waals surface area contributed by atoms with Crippen LogP contribution in [0.5, 0.6) is 5.75 Å². The number of methoxy groups -OCH3 is 1. The monoisotopic (exact) mass is 435 g/mol. The van der Waals surface area contributed by atoms with Crippen LogP contribution in [0, 0.1) is 0 Å². The van der Waals surface area contributed by atoms with Crippen LogP contribution in [0.1, 0.15) is 48.4 Å². The summed E-state index contributed by atoms with van der Waals surface area (Å²) in [5.41, 5.74) is 5.81. The molecule has 170 valence electrons. The second-order valence-corrected chi connectivity index (χ2v) is 8.75. The number of para-hydroxylation sites is 1. The molecule has 6 nitrogen and oxygen atoms in total. The van der Waals surface area contributed by atoms with E-state index in [4.69, 9.17) is 4.74 Å². The van der Waals surface area contributed by atoms with Crippen molar-refractivity contribution in [2.75, 3.05) is 19.1 Å². The molecule has 2 atom stereocenters. The number of ether oxygens (including phenoxy) is 1. The van der Waals surface area contributed by atoms with E-state index in [0.717, 1.165) is 48.2 Å². The number of hydrogen-bond donors (Lipinski definition) is 2. The lowest BCUT2D eigenvalue weighted by atomic mass is 9.87. The largest absolute Gasteiger partial charge is 0.496 e. The van der Waals surface area contributed by atoms with Gasteiger partial charge in [-0.05, 0) is 81.3 Å². The molecule has 2 N–H and O–H groups in total. The minimum atomic E-state index is -0.559. The van der Waals surface area contributed by atoms with Gasteiger partial charge < -0.3 is 20.3 Å². The third-order valence-corrected chi connectivity index (χ3v) is 6.84. The van der Waals surface area contributed by atoms with Crippen LogP contribution in [0.4, 0.5) is 5.69 Å². The molecule has 0 aromatic heterocycles. The Morgan fingerprint density at radius 1 is 1.12 bits per heavy atom. The van der Waals surface area contributed by atoms with E-state index in [1.165, 1.54) is 17.5 Å². The van der Waals surface area contributed by atoms with Gasteiger partial charge in [0.05, 0.1) is 19.7 Å². The zero-order chi connectivity index (χ0) is 22.7. The second-order valence-electron chi connectivity index (χ2n) is 8.75. The molecule has 1 unspecified atom stereocenters. The van der Waals surface area contributed by atoms with Crippen molar-refractivity contribution in [3.63, 3.8) is 0 Å². The maximum atomic E-state index is 13.8. The minimum absolute atomic E-state index is 0.0675. The smallest absolute Gasteiger partial charge is 0.249 e. The molecule has 6 heteroatoms. The van der Waals surface area contributed by atoms with Crippen molar-refractivity contribution in [1.29, 1.82) is 0 Å². The van der Waals surface area contributed by atoms with Gasteiger partial charge in [0.2, 0.25) is 11.8 Å². The standard InChI is InChI=1S/C26H33N3O3/c1-17(27-2)25(30)28-22-14-12-19-9-5-7-11-23(19)29(26(22)31)16-21-20-10-6-4-8-18(20)13-15-24(21)32-3/h5,7,9,11,13,15,17,22,27H,4,6,8,10,12,14,16H2,1-3H3,(H,28,30)/t17?,22-/m0/s1. The van der Waals surface area contributed by atoms with Crippen LogP contribution in [-0.4, -0.2) is 38.1 Å². The summed E-state index contributed by atoms with van der Waals surface area (Å²) in [5, 5.41) is 5.93. The van der Waals surface area contributed by atoms with Crippen LogP contribution in [-0.2, 0) is 35.4 Å². The molecule has 32 heavy (non-hydrogen) atoms. The van der Waals surface area contributed by atoms with Gasteiger partial charge in [-0.3, -0.25) is 9.59 Å². The minimum Gasteiger partial charge on any atom is -0.496 e. The Kier molecular flexibility index (Phi) is 6.80. The topological polar surface area (TPSA) is 70.7 Å². The summed E-state index contributed by atoms with van der Waals surface area (Å²) in [7, 11) is 3.43. The van der Waals surface area contributed by atoms with Crippen LogP contribution in [0.2, 0.25) is 0 Å². The van der Waals surface area contributed by atoms with Crippen LogP contribution < -0.4 is 20.3 Å². The van der Waals surface area contributed by atoms with Crippen molar-refractivity contribution < 1.29 is 14.3 Å². The van der Waals surface area contributed by atoms with E-state index in [0.29, 0.717) is 13.0 Å². The lowest BCUT2D eigenvalue weighted by Gasteiger charge is -2.30. The zero-order valence-corrected chi connectivity index (χ0v) is 19.2. The van der Waals surface area contributed by atoms with Gasteiger partial charge in [-0.25, -0.2) is 0 Å². The normalized spacial score (nSPS) is 18.9. The first kappa shape index (κ1) is 22.3. The summed E-state index contributed by atoms with van der Waals surface area (Å²) < 4.78 is 5.73. The van der Waals surface area contributed by atoms with Crippen LogP contribution in [0.15, 0.2) is 36.4 Å². The van der Waals surface area contributed by atoms with Crippen LogP contribution in [0.25, 0.3) is 0 Å². The number of hydrogen-bond acceptors (Lipinski definition) is 4. The van der Waals surface area contributed by atoms with E-state index < -0.39 is 6.04 Å². The maximum absolute atomic E-state index is 13.8. The van der Waals surface area contributed by atoms with Gasteiger partial charge in [0, 0.05) is 11.3 Å². The first-order chi connectivity index (χ1) is 15.5. The van der Waals surface area contributed by atoms with Gasteiger partial charge in [0.25, 0.3) is 0 Å². The number of benzene rings is 2. The first-order valence-electron chi connectivity index (χ1n) is 11.6. The molecule has 0 bridgehead atoms. The molecular formula is C26H33N3O3. The van der Waals surface area contributed by atoms with E-state index in [1.807, 2.05) is 29.2 Å². The van der Waals surface area contributed by atoms with Gasteiger partial charge in [-0.1, -0.05) is 24.3 Å². The highest BCUT2D eigenvalue weighted by molar-refractivity contribution is 6.01. The summed E-state index contributed by atoms with van der Waals surface area (Å²) in [6.45, 7) is 2.24. The highest BCUT2D eigenvalue weighted by atomic mass is 16.5. The molecule has 2 aliphatic rings. The van der Waals surface area contributed by atoms with E-state index >= 15 is 0 Å². The molecule has 0 fully saturated rings. The number of rotatable bonds is 6. The number of likely N-dealkylation sites (N-methyl/N-ethyl adjacent to an activating group) is 1. The number of nitrogens with zero attached hydrogens (tertiary/aromatic N) is 1. The average molecular weight is 436 g/mol. The molecule has 0 saturated heterocycles. The summed E-state index contributed by atoms with van der Waals surface area (Å²) in [4.78, 5) is 28.2. The fourth-order valence-corrected chi connectivity index (χ4v) is 4.85. The number of amides is 2. The third kappa shape index (κ3) is 4.37. The highest BCUT2D eigenvalue weighted by Crippen LogP contribution is 2.35. The van der Waals surface area contributed by atoms with Gasteiger partial charge >= 0.3 is 0 Å². The Morgan fingerprint density at radius 3 is 2.69 bits per heavy atom. The van der Waals surface area contributed by atoms with E-state index in [9.17, 15) is 9.59 Å². The zero-order valence-electron chi connectivity index (χ0n) is 19.2. The Balaban J connectivity index is 1.72. The molecule has 0 radical (unpaired) electrons. The molecule has 2 amide bonds. The molecule has 4 rings (SSSR count). The highest BCUT2D eigenvalue weighted by Gasteiger charge is 2.33. The van der Waals surface area contributed by atoms with Gasteiger partial charge in [0.15, 0.2) is 0 Å². The molecule has 1 aliphatic heterocycles. The fraction of sp³-hybridized carbons (Fsp3) is 0.462. The fourth-order valence-electron chi connectivity index (χ4n) is 4.85. The SMILES string of the molecule is CNC(C)C(=O)N[C@H]1CCc2ccccc2N(Cc2c(OC)ccc3c2CCCC3)C1=O. The lowest BCUT2D eigenvalue weighted by molar-refractivity contribution is -0.128. The summed E-state index contributed by atoms with van der Waals surface area (Å²) in [6, 6.07) is 11.3. The molecule has 1 aliphatic carbocycles. The number of nitrogens with one attached hydrogen (secondary N) is 2. The molecule has 1 heterocycles. The lowest BCUT2D eigenvalue weighted by Crippen LogP contribution is -2.52. The number of carbonyl (C=O) groups is 2. The summed E-state index contributed by atoms with van der Waals surface area (Å²) in [6.07, 6.45) is 5.74. The molecule has 2 aromatic rings. The number of fused-ring (bicyclic) bond motifs is 2. The molecule has 2 aromatic carbocycles. The summed E-state index contributed by atoms with van der Waals surface area (Å²) >= 11 is 0. The van der Waals surface area contributed by atoms with Crippen molar-refractivity contribution in [2.24, 2.45) is 0 Å². The maximum Gasteiger partial charge on any atom is 0.249 e. The first-order valence-corrected chi connectivity index (χ1v) is 11.6. The Bertz CT molecular complexity index is 1000. The average Bonchev–Trinajstić information content (AvgIpc) is 2.95. The van der Waals surface area contributed by atoms with Crippen molar-refractivity contribution >= 4 is 17.5 Å². The number of aryl methyl sites for hydroxylation is 2. The Morgan fingerprint density at radius 2 is 1.91 bits per heavy atom. The number of anilines is 1. The Hall–Kier alpha value is -2.86. The van der Waals surface area contributed by atoms with Gasteiger partial charge in [0.1, 0.15) is 11.8 Å². The molecule has 0 spiro atoms. The predicted molar refractivity (Wildman–Crippen MR) is 126 cm³/mol. The number of carbonyl (C=O) groups excluding carboxylic acids is 2. The van der Waals surface area contributed by atoms with Crippen molar-refractivity contribution in [1.82, 2.24) is 10.6 Å². The van der Waals surface area contributed by atoms with Crippen LogP contribution in [0.3, 0.4) is 0 Å². The van der Waals surface area contributed by atoms with E-state index in [2.05, 4.69) is 22.8 Å². The Labute approximate surface area is 190 Å². The van der Waals surface area contributed by atoms with Crippen molar-refractivity contribution in [3.8, 4) is 5.75 Å². The molecular weight excluding hydrogens is 402 g/mol. The van der Waals surface area contributed by atoms with Gasteiger partial charge in [-0.2, -0.15) is 0 Å². The van der Waals surface area contributed by atoms with Crippen molar-refractivity contribution in [2.45, 2.75) is 64.1 Å². The van der Waals surface area contributed by atoms with Crippen molar-refractivity contribution in [3.05, 3.63) is 58.7 Å². The molecule has 0 saturated carbocycles. The predicted octanol–water partition coefficient (Wildman–Crippen LogP) is 3.15. The van der Waals surface area contributed by atoms with E-state index in [1.54, 1.807) is 21.1 Å². The quantitative estimate of drug-likeness (QED) is 0.731. The summed E-state index contributed by atoms with van der Waals surface area (Å²) in [5.74, 6) is 0.595. The second kappa shape index (κ2) is 9.74. The van der Waals surface area contributed by atoms with E-state index in [-0.39, 0.29) is 17.9 Å². The third-order valence-electron chi connectivity index (χ3n) is 6.84.